The molecule has 0 spiro atoms. The molecule has 1 rings (SSSR count). The standard InChI is InChI=1S/C7H10NOPS/c1-8(2)11(9)7-3-5-10-6-4-7/h3-6H,1-2H3. The Kier molecular flexibility index (Phi) is 3.18. The van der Waals surface area contributed by atoms with E-state index in [9.17, 15) is 4.21 Å². The van der Waals surface area contributed by atoms with Crippen molar-refractivity contribution in [3.63, 3.8) is 0 Å². The summed E-state index contributed by atoms with van der Waals surface area (Å²) >= 11 is 0. The lowest BCUT2D eigenvalue weighted by Crippen LogP contribution is -2.14. The second-order valence-corrected chi connectivity index (χ2v) is 4.84. The molecule has 2 nitrogen and oxygen atoms in total. The van der Waals surface area contributed by atoms with Crippen LogP contribution in [0.1, 0.15) is 0 Å². The summed E-state index contributed by atoms with van der Waals surface area (Å²) in [6.45, 7) is 0. The fraction of sp³-hybridized carbons (Fsp3) is 0.286. The van der Waals surface area contributed by atoms with Crippen molar-refractivity contribution in [2.24, 2.45) is 0 Å². The Morgan fingerprint density at radius 2 is 1.91 bits per heavy atom. The van der Waals surface area contributed by atoms with Crippen LogP contribution in [0.3, 0.4) is 0 Å². The molecule has 0 fully saturated rings. The first kappa shape index (κ1) is 8.85. The van der Waals surface area contributed by atoms with Crippen molar-refractivity contribution >= 4 is 19.2 Å². The Hall–Kier alpha value is -0.240. The quantitative estimate of drug-likeness (QED) is 0.692. The molecule has 1 atom stereocenters. The molecule has 11 heavy (non-hydrogen) atoms. The van der Waals surface area contributed by atoms with Gasteiger partial charge in [-0.15, -0.1) is 0 Å². The first-order chi connectivity index (χ1) is 5.22. The maximum Gasteiger partial charge on any atom is 0.127 e. The molecule has 1 aromatic heterocycles. The van der Waals surface area contributed by atoms with E-state index in [4.69, 9.17) is 0 Å². The summed E-state index contributed by atoms with van der Waals surface area (Å²) in [5.74, 6) is 3.97. The van der Waals surface area contributed by atoms with Crippen molar-refractivity contribution in [2.45, 2.75) is 4.90 Å². The van der Waals surface area contributed by atoms with Crippen LogP contribution in [-0.4, -0.2) is 22.6 Å². The van der Waals surface area contributed by atoms with E-state index < -0.39 is 11.0 Å². The minimum absolute atomic E-state index is 0.869. The monoisotopic (exact) mass is 187 g/mol. The zero-order chi connectivity index (χ0) is 8.27. The molecular weight excluding hydrogens is 177 g/mol. The summed E-state index contributed by atoms with van der Waals surface area (Å²) in [6, 6.07) is 3.80. The predicted octanol–water partition coefficient (Wildman–Crippen LogP) is 1.85. The maximum atomic E-state index is 11.4. The summed E-state index contributed by atoms with van der Waals surface area (Å²) in [5, 5.41) is 0. The minimum Gasteiger partial charge on any atom is -0.237 e. The lowest BCUT2D eigenvalue weighted by Gasteiger charge is -2.07. The molecule has 0 aliphatic rings. The highest BCUT2D eigenvalue weighted by Gasteiger charge is 2.03. The number of hydrogen-bond acceptors (Lipinski definition) is 1. The van der Waals surface area contributed by atoms with E-state index in [0.717, 1.165) is 4.90 Å². The Balaban J connectivity index is 2.86. The van der Waals surface area contributed by atoms with Crippen molar-refractivity contribution in [2.75, 3.05) is 14.1 Å². The van der Waals surface area contributed by atoms with Gasteiger partial charge in [-0.25, -0.2) is 8.51 Å². The SMILES string of the molecule is CN(C)S(=O)c1ccpcc1. The second-order valence-electron chi connectivity index (χ2n) is 2.24. The smallest absolute Gasteiger partial charge is 0.127 e. The number of rotatable bonds is 2. The van der Waals surface area contributed by atoms with Crippen LogP contribution in [0, 0.1) is 0 Å². The Labute approximate surface area is 70.9 Å². The van der Waals surface area contributed by atoms with Crippen molar-refractivity contribution in [1.82, 2.24) is 4.31 Å². The normalized spacial score (nSPS) is 13.4. The van der Waals surface area contributed by atoms with Crippen LogP contribution in [0.2, 0.25) is 0 Å². The second kappa shape index (κ2) is 3.96. The fourth-order valence-corrected chi connectivity index (χ4v) is 2.25. The van der Waals surface area contributed by atoms with Gasteiger partial charge in [-0.1, -0.05) is 8.19 Å². The van der Waals surface area contributed by atoms with Gasteiger partial charge < -0.3 is 0 Å². The molecule has 1 aromatic rings. The Morgan fingerprint density at radius 3 is 2.36 bits per heavy atom. The van der Waals surface area contributed by atoms with E-state index in [2.05, 4.69) is 0 Å². The summed E-state index contributed by atoms with van der Waals surface area (Å²) in [6.07, 6.45) is 0. The summed E-state index contributed by atoms with van der Waals surface area (Å²) < 4.78 is 13.1. The van der Waals surface area contributed by atoms with Gasteiger partial charge in [0.1, 0.15) is 11.0 Å². The largest absolute Gasteiger partial charge is 0.237 e. The lowest BCUT2D eigenvalue weighted by molar-refractivity contribution is 0.603. The molecule has 1 unspecified atom stereocenters. The third-order valence-corrected chi connectivity index (χ3v) is 3.16. The van der Waals surface area contributed by atoms with Crippen LogP contribution in [0.25, 0.3) is 0 Å². The first-order valence-electron chi connectivity index (χ1n) is 3.21. The molecular formula is C7H10NOPS. The van der Waals surface area contributed by atoms with Crippen molar-refractivity contribution in [1.29, 1.82) is 0 Å². The average Bonchev–Trinajstić information content (AvgIpc) is 2.05. The highest BCUT2D eigenvalue weighted by atomic mass is 32.2. The molecule has 60 valence electrons. The minimum atomic E-state index is -0.986. The molecule has 0 saturated heterocycles. The number of nitrogens with zero attached hydrogens (tertiary/aromatic N) is 1. The van der Waals surface area contributed by atoms with Crippen LogP contribution in [0.15, 0.2) is 28.6 Å². The Bertz CT molecular complexity index is 250. The van der Waals surface area contributed by atoms with Gasteiger partial charge in [-0.2, -0.15) is 0 Å². The van der Waals surface area contributed by atoms with Gasteiger partial charge in [-0.05, 0) is 37.8 Å². The van der Waals surface area contributed by atoms with Gasteiger partial charge in [0.05, 0.1) is 4.90 Å². The zero-order valence-corrected chi connectivity index (χ0v) is 8.23. The summed E-state index contributed by atoms with van der Waals surface area (Å²) in [5.41, 5.74) is 0. The predicted molar refractivity (Wildman–Crippen MR) is 49.1 cm³/mol. The number of hydrogen-bond donors (Lipinski definition) is 0. The summed E-state index contributed by atoms with van der Waals surface area (Å²) in [7, 11) is 3.79. The van der Waals surface area contributed by atoms with E-state index in [1.165, 1.54) is 8.19 Å². The van der Waals surface area contributed by atoms with Crippen molar-refractivity contribution in [3.05, 3.63) is 23.7 Å². The van der Waals surface area contributed by atoms with Gasteiger partial charge in [0.2, 0.25) is 0 Å². The van der Waals surface area contributed by atoms with Crippen LogP contribution in [0.4, 0.5) is 0 Å². The van der Waals surface area contributed by atoms with Crippen LogP contribution < -0.4 is 0 Å². The first-order valence-corrected chi connectivity index (χ1v) is 5.35. The molecule has 0 aromatic carbocycles. The molecule has 0 bridgehead atoms. The topological polar surface area (TPSA) is 20.3 Å². The van der Waals surface area contributed by atoms with E-state index in [1.54, 1.807) is 18.4 Å². The molecule has 0 radical (unpaired) electrons. The van der Waals surface area contributed by atoms with E-state index in [1.807, 2.05) is 23.7 Å². The van der Waals surface area contributed by atoms with Gasteiger partial charge >= 0.3 is 0 Å². The molecule has 0 aliphatic heterocycles. The maximum absolute atomic E-state index is 11.4. The van der Waals surface area contributed by atoms with Crippen molar-refractivity contribution < 1.29 is 4.21 Å². The van der Waals surface area contributed by atoms with Crippen LogP contribution in [0.5, 0.6) is 0 Å². The third-order valence-electron chi connectivity index (χ3n) is 1.18. The molecule has 1 heterocycles. The summed E-state index contributed by atoms with van der Waals surface area (Å²) in [4.78, 5) is 0.869. The van der Waals surface area contributed by atoms with Gasteiger partial charge in [0, 0.05) is 0 Å². The third kappa shape index (κ3) is 2.37. The zero-order valence-electron chi connectivity index (χ0n) is 6.52. The van der Waals surface area contributed by atoms with Crippen LogP contribution >= 0.6 is 8.19 Å². The van der Waals surface area contributed by atoms with E-state index in [-0.39, 0.29) is 0 Å². The highest BCUT2D eigenvalue weighted by Crippen LogP contribution is 2.11. The van der Waals surface area contributed by atoms with E-state index in [0.29, 0.717) is 0 Å². The van der Waals surface area contributed by atoms with Gasteiger partial charge in [0.25, 0.3) is 0 Å². The highest BCUT2D eigenvalue weighted by molar-refractivity contribution is 7.82. The average molecular weight is 187 g/mol. The van der Waals surface area contributed by atoms with Crippen LogP contribution in [-0.2, 0) is 11.0 Å². The van der Waals surface area contributed by atoms with Crippen molar-refractivity contribution in [3.8, 4) is 0 Å². The fourth-order valence-electron chi connectivity index (χ4n) is 0.665. The molecule has 0 N–H and O–H groups in total. The molecule has 0 saturated carbocycles. The molecule has 0 amide bonds. The van der Waals surface area contributed by atoms with E-state index >= 15 is 0 Å². The molecule has 0 aliphatic carbocycles. The molecule has 4 heteroatoms. The lowest BCUT2D eigenvalue weighted by atomic mass is 10.6. The van der Waals surface area contributed by atoms with Gasteiger partial charge in [-0.3, -0.25) is 0 Å². The Morgan fingerprint density at radius 1 is 1.36 bits per heavy atom. The van der Waals surface area contributed by atoms with Gasteiger partial charge in [0.15, 0.2) is 0 Å².